The van der Waals surface area contributed by atoms with Gasteiger partial charge in [-0.3, -0.25) is 4.79 Å². The Morgan fingerprint density at radius 3 is 2.42 bits per heavy atom. The van der Waals surface area contributed by atoms with Crippen molar-refractivity contribution in [3.8, 4) is 0 Å². The number of halogens is 1. The normalized spacial score (nSPS) is 8.58. The molecule has 1 N–H and O–H groups in total. The number of hydrogen-bond acceptors (Lipinski definition) is 1. The zero-order valence-electron chi connectivity index (χ0n) is 7.43. The van der Waals surface area contributed by atoms with Gasteiger partial charge in [0.15, 0.2) is 0 Å². The number of aryl methyl sites for hydroxylation is 1. The minimum Gasteiger partial charge on any atom is -0.329 e. The molecular formula is C9H14INO. The fourth-order valence-corrected chi connectivity index (χ4v) is 0.506. The van der Waals surface area contributed by atoms with E-state index >= 15 is 0 Å². The Hall–Kier alpha value is -0.320. The fourth-order valence-electron chi connectivity index (χ4n) is 0.506. The van der Waals surface area contributed by atoms with Gasteiger partial charge in [0.05, 0.1) is 0 Å². The molecule has 0 fully saturated rings. The molecule has 0 aliphatic heterocycles. The van der Waals surface area contributed by atoms with Gasteiger partial charge in [-0.25, -0.2) is 0 Å². The van der Waals surface area contributed by atoms with E-state index in [1.54, 1.807) is 25.3 Å². The van der Waals surface area contributed by atoms with Gasteiger partial charge in [-0.2, -0.15) is 0 Å². The Labute approximate surface area is 86.5 Å². The molecule has 2 nitrogen and oxygen atoms in total. The summed E-state index contributed by atoms with van der Waals surface area (Å²) in [6, 6.07) is 3.58. The second kappa shape index (κ2) is 7.34. The molecular weight excluding hydrogens is 265 g/mol. The molecule has 0 bridgehead atoms. The minimum atomic E-state index is -0.00694. The minimum absolute atomic E-state index is 0.00694. The van der Waals surface area contributed by atoms with Crippen molar-refractivity contribution in [2.45, 2.75) is 20.3 Å². The molecule has 1 rings (SSSR count). The van der Waals surface area contributed by atoms with Crippen LogP contribution in [-0.2, 0) is 0 Å². The second-order valence-corrected chi connectivity index (χ2v) is 3.45. The lowest BCUT2D eigenvalue weighted by Crippen LogP contribution is -2.06. The van der Waals surface area contributed by atoms with Crippen LogP contribution in [0, 0.1) is 6.92 Å². The molecule has 1 heterocycles. The van der Waals surface area contributed by atoms with Crippen molar-refractivity contribution in [2.24, 2.45) is 0 Å². The lowest BCUT2D eigenvalue weighted by atomic mass is 10.3. The van der Waals surface area contributed by atoms with Crippen LogP contribution in [0.2, 0.25) is 0 Å². The monoisotopic (exact) mass is 279 g/mol. The van der Waals surface area contributed by atoms with Crippen LogP contribution in [0.5, 0.6) is 0 Å². The number of rotatable bonds is 1. The van der Waals surface area contributed by atoms with Gasteiger partial charge in [0.25, 0.3) is 5.56 Å². The molecule has 0 aliphatic rings. The van der Waals surface area contributed by atoms with Crippen LogP contribution < -0.4 is 5.56 Å². The summed E-state index contributed by atoms with van der Waals surface area (Å²) in [6.07, 6.45) is 2.93. The maximum absolute atomic E-state index is 10.6. The first-order valence-corrected chi connectivity index (χ1v) is 5.45. The molecule has 68 valence electrons. The predicted molar refractivity (Wildman–Crippen MR) is 61.0 cm³/mol. The first-order chi connectivity index (χ1) is 5.72. The number of H-pyrrole nitrogens is 1. The maximum atomic E-state index is 10.6. The molecule has 0 unspecified atom stereocenters. The highest BCUT2D eigenvalue weighted by molar-refractivity contribution is 14.1. The zero-order chi connectivity index (χ0) is 9.40. The van der Waals surface area contributed by atoms with Crippen molar-refractivity contribution in [3.05, 3.63) is 34.2 Å². The van der Waals surface area contributed by atoms with E-state index in [-0.39, 0.29) is 5.56 Å². The Balaban J connectivity index is 0.000000261. The van der Waals surface area contributed by atoms with Gasteiger partial charge in [-0.05, 0) is 23.8 Å². The first-order valence-electron chi connectivity index (χ1n) is 3.92. The van der Waals surface area contributed by atoms with Crippen LogP contribution in [0.3, 0.4) is 0 Å². The van der Waals surface area contributed by atoms with Gasteiger partial charge >= 0.3 is 0 Å². The number of hydrogen-bond donors (Lipinski definition) is 1. The van der Waals surface area contributed by atoms with Crippen molar-refractivity contribution in [1.82, 2.24) is 4.98 Å². The van der Waals surface area contributed by atoms with Gasteiger partial charge in [0.2, 0.25) is 0 Å². The van der Waals surface area contributed by atoms with E-state index in [9.17, 15) is 4.79 Å². The summed E-state index contributed by atoms with van der Waals surface area (Å²) in [5, 5.41) is 0. The Morgan fingerprint density at radius 1 is 1.58 bits per heavy atom. The summed E-state index contributed by atoms with van der Waals surface area (Å²) in [5.41, 5.74) is 0.750. The van der Waals surface area contributed by atoms with E-state index in [0.29, 0.717) is 0 Å². The SMILES string of the molecule is CCCI.Cc1ccc[nH]c1=O. The lowest BCUT2D eigenvalue weighted by Gasteiger charge is -1.83. The number of alkyl halides is 1. The smallest absolute Gasteiger partial charge is 0.250 e. The summed E-state index contributed by atoms with van der Waals surface area (Å²) >= 11 is 2.35. The van der Waals surface area contributed by atoms with Crippen molar-refractivity contribution in [2.75, 3.05) is 4.43 Å². The summed E-state index contributed by atoms with van der Waals surface area (Å²) < 4.78 is 1.29. The molecule has 0 radical (unpaired) electrons. The molecule has 1 aromatic heterocycles. The quantitative estimate of drug-likeness (QED) is 0.622. The second-order valence-electron chi connectivity index (χ2n) is 2.37. The van der Waals surface area contributed by atoms with E-state index in [4.69, 9.17) is 0 Å². The van der Waals surface area contributed by atoms with E-state index in [1.165, 1.54) is 10.8 Å². The van der Waals surface area contributed by atoms with Crippen molar-refractivity contribution < 1.29 is 0 Å². The van der Waals surface area contributed by atoms with E-state index in [1.807, 2.05) is 0 Å². The topological polar surface area (TPSA) is 32.9 Å². The molecule has 12 heavy (non-hydrogen) atoms. The molecule has 3 heteroatoms. The van der Waals surface area contributed by atoms with Crippen LogP contribution >= 0.6 is 22.6 Å². The van der Waals surface area contributed by atoms with Crippen molar-refractivity contribution in [1.29, 1.82) is 0 Å². The van der Waals surface area contributed by atoms with Crippen molar-refractivity contribution >= 4 is 22.6 Å². The molecule has 0 aliphatic carbocycles. The standard InChI is InChI=1S/C6H7NO.C3H7I/c1-5-3-2-4-7-6(5)8;1-2-3-4/h2-4H,1H3,(H,7,8);2-3H2,1H3. The maximum Gasteiger partial charge on any atom is 0.250 e. The van der Waals surface area contributed by atoms with Gasteiger partial charge < -0.3 is 4.98 Å². The van der Waals surface area contributed by atoms with Crippen molar-refractivity contribution in [3.63, 3.8) is 0 Å². The van der Waals surface area contributed by atoms with Crippen LogP contribution in [0.4, 0.5) is 0 Å². The van der Waals surface area contributed by atoms with Gasteiger partial charge in [-0.15, -0.1) is 0 Å². The number of nitrogens with one attached hydrogen (secondary N) is 1. The Kier molecular flexibility index (Phi) is 7.14. The number of aromatic nitrogens is 1. The highest BCUT2D eigenvalue weighted by Crippen LogP contribution is 1.82. The fraction of sp³-hybridized carbons (Fsp3) is 0.444. The van der Waals surface area contributed by atoms with Crippen LogP contribution in [0.15, 0.2) is 23.1 Å². The van der Waals surface area contributed by atoms with Gasteiger partial charge in [0, 0.05) is 11.8 Å². The zero-order valence-corrected chi connectivity index (χ0v) is 9.59. The average Bonchev–Trinajstić information content (AvgIpc) is 2.11. The molecule has 0 amide bonds. The predicted octanol–water partition coefficient (Wildman–Crippen LogP) is 2.51. The Bertz CT molecular complexity index is 255. The number of pyridine rings is 1. The average molecular weight is 279 g/mol. The first kappa shape index (κ1) is 11.7. The third kappa shape index (κ3) is 5.35. The lowest BCUT2D eigenvalue weighted by molar-refractivity contribution is 1.13. The summed E-state index contributed by atoms with van der Waals surface area (Å²) in [7, 11) is 0. The third-order valence-corrected chi connectivity index (χ3v) is 2.28. The largest absolute Gasteiger partial charge is 0.329 e. The van der Waals surface area contributed by atoms with Crippen LogP contribution in [0.25, 0.3) is 0 Å². The summed E-state index contributed by atoms with van der Waals surface area (Å²) in [5.74, 6) is 0. The van der Waals surface area contributed by atoms with E-state index < -0.39 is 0 Å². The molecule has 0 saturated heterocycles. The van der Waals surface area contributed by atoms with E-state index in [2.05, 4.69) is 34.5 Å². The Morgan fingerprint density at radius 2 is 2.17 bits per heavy atom. The molecule has 1 aromatic rings. The van der Waals surface area contributed by atoms with Crippen LogP contribution in [0.1, 0.15) is 18.9 Å². The molecule has 0 atom stereocenters. The van der Waals surface area contributed by atoms with E-state index in [0.717, 1.165) is 5.56 Å². The summed E-state index contributed by atoms with van der Waals surface area (Å²) in [6.45, 7) is 3.95. The molecule has 0 aromatic carbocycles. The summed E-state index contributed by atoms with van der Waals surface area (Å²) in [4.78, 5) is 13.1. The number of aromatic amines is 1. The van der Waals surface area contributed by atoms with Gasteiger partial charge in [-0.1, -0.05) is 35.6 Å². The van der Waals surface area contributed by atoms with Crippen LogP contribution in [-0.4, -0.2) is 9.41 Å². The molecule has 0 spiro atoms. The molecule has 0 saturated carbocycles. The highest BCUT2D eigenvalue weighted by Gasteiger charge is 1.83. The highest BCUT2D eigenvalue weighted by atomic mass is 127. The van der Waals surface area contributed by atoms with Gasteiger partial charge in [0.1, 0.15) is 0 Å². The third-order valence-electron chi connectivity index (χ3n) is 1.20.